The smallest absolute Gasteiger partial charge is 0.248 e. The number of benzene rings is 2. The molecular formula is C20H23FN2O2S. The predicted molar refractivity (Wildman–Crippen MR) is 102 cm³/mol. The van der Waals surface area contributed by atoms with Crippen LogP contribution >= 0.6 is 11.8 Å². The van der Waals surface area contributed by atoms with Gasteiger partial charge in [0.25, 0.3) is 0 Å². The van der Waals surface area contributed by atoms with Crippen LogP contribution in [0, 0.1) is 5.82 Å². The monoisotopic (exact) mass is 374 g/mol. The molecule has 2 aromatic rings. The van der Waals surface area contributed by atoms with Gasteiger partial charge in [-0.3, -0.25) is 20.4 Å². The number of thioether (sulfide) groups is 1. The largest absolute Gasteiger partial charge is 0.273 e. The van der Waals surface area contributed by atoms with Gasteiger partial charge < -0.3 is 0 Å². The summed E-state index contributed by atoms with van der Waals surface area (Å²) in [6.07, 6.45) is 0.0714. The van der Waals surface area contributed by atoms with Crippen LogP contribution in [-0.4, -0.2) is 17.6 Å². The summed E-state index contributed by atoms with van der Waals surface area (Å²) in [5.74, 6) is -0.798. The van der Waals surface area contributed by atoms with Crippen molar-refractivity contribution in [3.05, 3.63) is 65.5 Å². The second-order valence-electron chi connectivity index (χ2n) is 6.96. The standard InChI is InChI=1S/C20H23FN2O2S/c1-20(2,3)15-6-10-17(11-7-15)26-13-19(25)23-22-18(24)12-14-4-8-16(21)9-5-14/h4-11H,12-13H2,1-3H3,(H,22,24)(H,23,25). The van der Waals surface area contributed by atoms with Crippen LogP contribution in [0.1, 0.15) is 31.9 Å². The van der Waals surface area contributed by atoms with Gasteiger partial charge in [-0.1, -0.05) is 45.0 Å². The van der Waals surface area contributed by atoms with Crippen molar-refractivity contribution < 1.29 is 14.0 Å². The van der Waals surface area contributed by atoms with E-state index >= 15 is 0 Å². The van der Waals surface area contributed by atoms with Crippen molar-refractivity contribution in [2.45, 2.75) is 37.5 Å². The van der Waals surface area contributed by atoms with Crippen LogP contribution in [-0.2, 0) is 21.4 Å². The predicted octanol–water partition coefficient (Wildman–Crippen LogP) is 3.61. The van der Waals surface area contributed by atoms with Crippen LogP contribution in [0.4, 0.5) is 4.39 Å². The van der Waals surface area contributed by atoms with Crippen molar-refractivity contribution in [3.63, 3.8) is 0 Å². The van der Waals surface area contributed by atoms with Crippen molar-refractivity contribution in [1.82, 2.24) is 10.9 Å². The maximum Gasteiger partial charge on any atom is 0.248 e. The van der Waals surface area contributed by atoms with E-state index in [4.69, 9.17) is 0 Å². The highest BCUT2D eigenvalue weighted by Gasteiger charge is 2.13. The van der Waals surface area contributed by atoms with Gasteiger partial charge in [-0.05, 0) is 40.8 Å². The summed E-state index contributed by atoms with van der Waals surface area (Å²) in [4.78, 5) is 24.6. The lowest BCUT2D eigenvalue weighted by Crippen LogP contribution is -2.43. The minimum Gasteiger partial charge on any atom is -0.273 e. The summed E-state index contributed by atoms with van der Waals surface area (Å²) >= 11 is 1.40. The number of halogens is 1. The molecule has 0 heterocycles. The van der Waals surface area contributed by atoms with E-state index < -0.39 is 0 Å². The SMILES string of the molecule is CC(C)(C)c1ccc(SCC(=O)NNC(=O)Cc2ccc(F)cc2)cc1. The highest BCUT2D eigenvalue weighted by molar-refractivity contribution is 8.00. The van der Waals surface area contributed by atoms with Gasteiger partial charge in [-0.2, -0.15) is 0 Å². The number of amides is 2. The lowest BCUT2D eigenvalue weighted by molar-refractivity contribution is -0.127. The van der Waals surface area contributed by atoms with Gasteiger partial charge in [0.2, 0.25) is 11.8 Å². The Labute approximate surface area is 157 Å². The molecule has 0 aliphatic heterocycles. The highest BCUT2D eigenvalue weighted by atomic mass is 32.2. The Morgan fingerprint density at radius 1 is 0.923 bits per heavy atom. The van der Waals surface area contributed by atoms with Crippen LogP contribution in [0.25, 0.3) is 0 Å². The fourth-order valence-corrected chi connectivity index (χ4v) is 2.91. The third-order valence-corrected chi connectivity index (χ3v) is 4.72. The summed E-state index contributed by atoms with van der Waals surface area (Å²) in [5.41, 5.74) is 6.75. The topological polar surface area (TPSA) is 58.2 Å². The first-order valence-electron chi connectivity index (χ1n) is 8.29. The number of carbonyl (C=O) groups excluding carboxylic acids is 2. The Morgan fingerprint density at radius 3 is 2.08 bits per heavy atom. The Bertz CT molecular complexity index is 753. The van der Waals surface area contributed by atoms with Gasteiger partial charge in [0.1, 0.15) is 5.82 Å². The second kappa shape index (κ2) is 8.85. The number of hydrazine groups is 1. The first-order chi connectivity index (χ1) is 12.2. The number of nitrogens with one attached hydrogen (secondary N) is 2. The van der Waals surface area contributed by atoms with E-state index in [0.717, 1.165) is 4.90 Å². The molecule has 0 saturated heterocycles. The lowest BCUT2D eigenvalue weighted by Gasteiger charge is -2.19. The Morgan fingerprint density at radius 2 is 1.50 bits per heavy atom. The second-order valence-corrected chi connectivity index (χ2v) is 8.01. The van der Waals surface area contributed by atoms with Crippen molar-refractivity contribution in [3.8, 4) is 0 Å². The number of carbonyl (C=O) groups is 2. The van der Waals surface area contributed by atoms with Crippen molar-refractivity contribution in [2.24, 2.45) is 0 Å². The molecule has 2 N–H and O–H groups in total. The summed E-state index contributed by atoms with van der Waals surface area (Å²) in [6.45, 7) is 6.45. The zero-order valence-electron chi connectivity index (χ0n) is 15.1. The van der Waals surface area contributed by atoms with Crippen molar-refractivity contribution in [2.75, 3.05) is 5.75 Å². The molecule has 0 saturated carbocycles. The van der Waals surface area contributed by atoms with Crippen LogP contribution in [0.2, 0.25) is 0 Å². The molecule has 0 unspecified atom stereocenters. The molecule has 0 spiro atoms. The van der Waals surface area contributed by atoms with E-state index in [9.17, 15) is 14.0 Å². The summed E-state index contributed by atoms with van der Waals surface area (Å²) in [7, 11) is 0. The quantitative estimate of drug-likeness (QED) is 0.621. The van der Waals surface area contributed by atoms with Crippen molar-refractivity contribution in [1.29, 1.82) is 0 Å². The fraction of sp³-hybridized carbons (Fsp3) is 0.300. The van der Waals surface area contributed by atoms with E-state index in [0.29, 0.717) is 5.56 Å². The number of hydrogen-bond acceptors (Lipinski definition) is 3. The lowest BCUT2D eigenvalue weighted by atomic mass is 9.87. The third-order valence-electron chi connectivity index (χ3n) is 3.71. The third kappa shape index (κ3) is 6.52. The zero-order chi connectivity index (χ0) is 19.2. The average Bonchev–Trinajstić information content (AvgIpc) is 2.60. The molecule has 26 heavy (non-hydrogen) atoms. The highest BCUT2D eigenvalue weighted by Crippen LogP contribution is 2.25. The fourth-order valence-electron chi connectivity index (χ4n) is 2.21. The molecule has 2 aromatic carbocycles. The minimum atomic E-state index is -0.357. The summed E-state index contributed by atoms with van der Waals surface area (Å²) in [6, 6.07) is 13.8. The van der Waals surface area contributed by atoms with Gasteiger partial charge in [0.05, 0.1) is 12.2 Å². The molecular weight excluding hydrogens is 351 g/mol. The Balaban J connectivity index is 1.73. The maximum absolute atomic E-state index is 12.8. The van der Waals surface area contributed by atoms with Crippen LogP contribution < -0.4 is 10.9 Å². The molecule has 0 bridgehead atoms. The molecule has 0 fully saturated rings. The molecule has 138 valence electrons. The van der Waals surface area contributed by atoms with Crippen LogP contribution in [0.3, 0.4) is 0 Å². The molecule has 0 radical (unpaired) electrons. The number of hydrogen-bond donors (Lipinski definition) is 2. The molecule has 6 heteroatoms. The van der Waals surface area contributed by atoms with Crippen molar-refractivity contribution >= 4 is 23.6 Å². The van der Waals surface area contributed by atoms with E-state index in [1.165, 1.54) is 41.6 Å². The molecule has 2 rings (SSSR count). The first-order valence-corrected chi connectivity index (χ1v) is 9.28. The maximum atomic E-state index is 12.8. The Hall–Kier alpha value is -2.34. The van der Waals surface area contributed by atoms with E-state index in [1.54, 1.807) is 0 Å². The first kappa shape index (κ1) is 20.0. The van der Waals surface area contributed by atoms with Gasteiger partial charge >= 0.3 is 0 Å². The number of rotatable bonds is 5. The molecule has 0 atom stereocenters. The van der Waals surface area contributed by atoms with E-state index in [-0.39, 0.29) is 35.2 Å². The molecule has 2 amide bonds. The summed E-state index contributed by atoms with van der Waals surface area (Å²) < 4.78 is 12.8. The van der Waals surface area contributed by atoms with Crippen LogP contribution in [0.5, 0.6) is 0 Å². The van der Waals surface area contributed by atoms with Crippen LogP contribution in [0.15, 0.2) is 53.4 Å². The zero-order valence-corrected chi connectivity index (χ0v) is 16.0. The average molecular weight is 374 g/mol. The normalized spacial score (nSPS) is 11.1. The molecule has 0 aliphatic rings. The molecule has 0 aliphatic carbocycles. The molecule has 0 aromatic heterocycles. The Kier molecular flexibility index (Phi) is 6.80. The van der Waals surface area contributed by atoms with E-state index in [2.05, 4.69) is 43.8 Å². The minimum absolute atomic E-state index is 0.0714. The van der Waals surface area contributed by atoms with Gasteiger partial charge in [-0.25, -0.2) is 4.39 Å². The molecule has 4 nitrogen and oxygen atoms in total. The van der Waals surface area contributed by atoms with Gasteiger partial charge in [-0.15, -0.1) is 11.8 Å². The van der Waals surface area contributed by atoms with Gasteiger partial charge in [0, 0.05) is 4.90 Å². The van der Waals surface area contributed by atoms with E-state index in [1.807, 2.05) is 12.1 Å². The summed E-state index contributed by atoms with van der Waals surface area (Å²) in [5, 5.41) is 0. The van der Waals surface area contributed by atoms with Gasteiger partial charge in [0.15, 0.2) is 0 Å².